The molecule has 0 saturated heterocycles. The average Bonchev–Trinajstić information content (AvgIpc) is 2.83. The van der Waals surface area contributed by atoms with Gasteiger partial charge in [0.2, 0.25) is 5.91 Å². The summed E-state index contributed by atoms with van der Waals surface area (Å²) < 4.78 is 0. The number of aryl methyl sites for hydroxylation is 1. The fourth-order valence-corrected chi connectivity index (χ4v) is 2.02. The molecule has 0 aliphatic rings. The summed E-state index contributed by atoms with van der Waals surface area (Å²) >= 11 is 0. The van der Waals surface area contributed by atoms with E-state index >= 15 is 0 Å². The maximum Gasteiger partial charge on any atom is 0.220 e. The minimum atomic E-state index is -0.365. The molecule has 2 rings (SSSR count). The predicted molar refractivity (Wildman–Crippen MR) is 75.9 cm³/mol. The van der Waals surface area contributed by atoms with E-state index in [-0.39, 0.29) is 12.0 Å². The first-order chi connectivity index (χ1) is 9.15. The van der Waals surface area contributed by atoms with Gasteiger partial charge in [0.25, 0.3) is 0 Å². The number of benzene rings is 1. The van der Waals surface area contributed by atoms with Gasteiger partial charge in [-0.2, -0.15) is 0 Å². The molecule has 1 unspecified atom stereocenters. The Bertz CT molecular complexity index is 546. The minimum Gasteiger partial charge on any atom is -0.393 e. The normalized spacial score (nSPS) is 12.5. The van der Waals surface area contributed by atoms with Crippen LogP contribution in [0.4, 0.5) is 0 Å². The molecule has 0 spiro atoms. The third-order valence-electron chi connectivity index (χ3n) is 3.14. The Morgan fingerprint density at radius 2 is 2.26 bits per heavy atom. The highest BCUT2D eigenvalue weighted by Crippen LogP contribution is 2.15. The van der Waals surface area contributed by atoms with Gasteiger partial charge in [-0.15, -0.1) is 0 Å². The van der Waals surface area contributed by atoms with Crippen molar-refractivity contribution in [1.29, 1.82) is 0 Å². The lowest BCUT2D eigenvalue weighted by Gasteiger charge is -2.07. The first kappa shape index (κ1) is 13.6. The van der Waals surface area contributed by atoms with Crippen molar-refractivity contribution in [3.63, 3.8) is 0 Å². The lowest BCUT2D eigenvalue weighted by Crippen LogP contribution is -2.26. The van der Waals surface area contributed by atoms with Crippen LogP contribution < -0.4 is 5.32 Å². The number of aliphatic hydroxyl groups is 1. The maximum absolute atomic E-state index is 11.6. The fourth-order valence-electron chi connectivity index (χ4n) is 2.02. The number of amides is 1. The summed E-state index contributed by atoms with van der Waals surface area (Å²) in [5.41, 5.74) is 2.28. The Hall–Kier alpha value is -1.81. The van der Waals surface area contributed by atoms with Crippen molar-refractivity contribution in [3.05, 3.63) is 36.0 Å². The number of aliphatic hydroxyl groups excluding tert-OH is 1. The van der Waals surface area contributed by atoms with Crippen molar-refractivity contribution < 1.29 is 9.90 Å². The molecule has 2 aromatic rings. The number of carbonyl (C=O) groups is 1. The molecule has 0 fully saturated rings. The molecule has 1 heterocycles. The van der Waals surface area contributed by atoms with Gasteiger partial charge in [0, 0.05) is 24.7 Å². The number of rotatable bonds is 6. The Morgan fingerprint density at radius 1 is 1.42 bits per heavy atom. The molecule has 1 atom stereocenters. The third kappa shape index (κ3) is 4.10. The first-order valence-corrected chi connectivity index (χ1v) is 6.66. The van der Waals surface area contributed by atoms with Crippen LogP contribution in [0.2, 0.25) is 0 Å². The second-order valence-electron chi connectivity index (χ2n) is 4.89. The molecule has 0 saturated carbocycles. The van der Waals surface area contributed by atoms with Crippen LogP contribution in [0.15, 0.2) is 30.5 Å². The highest BCUT2D eigenvalue weighted by Gasteiger charge is 2.04. The van der Waals surface area contributed by atoms with Crippen molar-refractivity contribution in [2.45, 2.75) is 32.3 Å². The molecule has 19 heavy (non-hydrogen) atoms. The molecule has 3 N–H and O–H groups in total. The number of H-pyrrole nitrogens is 1. The van der Waals surface area contributed by atoms with E-state index in [1.165, 1.54) is 5.39 Å². The molecule has 0 bridgehead atoms. The van der Waals surface area contributed by atoms with E-state index in [2.05, 4.69) is 16.4 Å². The van der Waals surface area contributed by atoms with Gasteiger partial charge in [-0.05, 0) is 48.9 Å². The number of hydrogen-bond donors (Lipinski definition) is 3. The summed E-state index contributed by atoms with van der Waals surface area (Å²) in [5, 5.41) is 13.1. The van der Waals surface area contributed by atoms with Gasteiger partial charge < -0.3 is 15.4 Å². The molecule has 4 nitrogen and oxygen atoms in total. The smallest absolute Gasteiger partial charge is 0.220 e. The van der Waals surface area contributed by atoms with Crippen molar-refractivity contribution in [2.24, 2.45) is 0 Å². The summed E-state index contributed by atoms with van der Waals surface area (Å²) in [4.78, 5) is 14.8. The van der Waals surface area contributed by atoms with Crippen LogP contribution in [0.5, 0.6) is 0 Å². The summed E-state index contributed by atoms with van der Waals surface area (Å²) in [6.07, 6.45) is 3.37. The number of fused-ring (bicyclic) bond motifs is 1. The van der Waals surface area contributed by atoms with Gasteiger partial charge in [0.1, 0.15) is 0 Å². The van der Waals surface area contributed by atoms with E-state index in [9.17, 15) is 4.79 Å². The molecule has 0 aliphatic heterocycles. The van der Waals surface area contributed by atoms with Crippen molar-refractivity contribution >= 4 is 16.8 Å². The molecule has 1 amide bonds. The largest absolute Gasteiger partial charge is 0.393 e. The molecule has 1 aromatic carbocycles. The molecule has 0 radical (unpaired) electrons. The first-order valence-electron chi connectivity index (χ1n) is 6.66. The number of carbonyl (C=O) groups excluding carboxylic acids is 1. The zero-order chi connectivity index (χ0) is 13.7. The van der Waals surface area contributed by atoms with E-state index in [0.717, 1.165) is 17.5 Å². The standard InChI is InChI=1S/C15H20N2O2/c1-11(18)6-8-17-15(19)5-3-12-2-4-14-13(10-12)7-9-16-14/h2,4,7,9-11,16,18H,3,5-6,8H2,1H3,(H,17,19). The van der Waals surface area contributed by atoms with Crippen LogP contribution in [-0.4, -0.2) is 28.6 Å². The van der Waals surface area contributed by atoms with Crippen molar-refractivity contribution in [1.82, 2.24) is 10.3 Å². The predicted octanol–water partition coefficient (Wildman–Crippen LogP) is 1.99. The van der Waals surface area contributed by atoms with Crippen LogP contribution >= 0.6 is 0 Å². The molecule has 4 heteroatoms. The van der Waals surface area contributed by atoms with Crippen molar-refractivity contribution in [3.8, 4) is 0 Å². The van der Waals surface area contributed by atoms with Crippen LogP contribution in [0.25, 0.3) is 10.9 Å². The number of aromatic nitrogens is 1. The molecule has 102 valence electrons. The fraction of sp³-hybridized carbons (Fsp3) is 0.400. The van der Waals surface area contributed by atoms with Gasteiger partial charge in [0.15, 0.2) is 0 Å². The van der Waals surface area contributed by atoms with Crippen LogP contribution in [0, 0.1) is 0 Å². The second-order valence-corrected chi connectivity index (χ2v) is 4.89. The quantitative estimate of drug-likeness (QED) is 0.743. The molecular formula is C15H20N2O2. The van der Waals surface area contributed by atoms with Crippen LogP contribution in [-0.2, 0) is 11.2 Å². The van der Waals surface area contributed by atoms with E-state index in [1.54, 1.807) is 6.92 Å². The van der Waals surface area contributed by atoms with Gasteiger partial charge in [-0.3, -0.25) is 4.79 Å². The summed E-state index contributed by atoms with van der Waals surface area (Å²) in [6.45, 7) is 2.26. The summed E-state index contributed by atoms with van der Waals surface area (Å²) in [7, 11) is 0. The lowest BCUT2D eigenvalue weighted by atomic mass is 10.1. The van der Waals surface area contributed by atoms with Gasteiger partial charge in [-0.25, -0.2) is 0 Å². The zero-order valence-electron chi connectivity index (χ0n) is 11.1. The Labute approximate surface area is 112 Å². The van der Waals surface area contributed by atoms with Gasteiger partial charge >= 0.3 is 0 Å². The van der Waals surface area contributed by atoms with E-state index in [4.69, 9.17) is 5.11 Å². The molecular weight excluding hydrogens is 240 g/mol. The molecule has 1 aromatic heterocycles. The lowest BCUT2D eigenvalue weighted by molar-refractivity contribution is -0.121. The zero-order valence-corrected chi connectivity index (χ0v) is 11.1. The Morgan fingerprint density at radius 3 is 3.05 bits per heavy atom. The monoisotopic (exact) mass is 260 g/mol. The van der Waals surface area contributed by atoms with Crippen molar-refractivity contribution in [2.75, 3.05) is 6.54 Å². The maximum atomic E-state index is 11.6. The van der Waals surface area contributed by atoms with Gasteiger partial charge in [-0.1, -0.05) is 6.07 Å². The summed E-state index contributed by atoms with van der Waals surface area (Å²) in [6, 6.07) is 8.22. The topological polar surface area (TPSA) is 65.1 Å². The third-order valence-corrected chi connectivity index (χ3v) is 3.14. The van der Waals surface area contributed by atoms with E-state index in [1.807, 2.05) is 24.4 Å². The number of nitrogens with one attached hydrogen (secondary N) is 2. The second kappa shape index (κ2) is 6.38. The van der Waals surface area contributed by atoms with Crippen LogP contribution in [0.1, 0.15) is 25.3 Å². The highest BCUT2D eigenvalue weighted by molar-refractivity contribution is 5.80. The van der Waals surface area contributed by atoms with Crippen LogP contribution in [0.3, 0.4) is 0 Å². The Balaban J connectivity index is 1.79. The Kier molecular flexibility index (Phi) is 4.58. The SMILES string of the molecule is CC(O)CCNC(=O)CCc1ccc2[nH]ccc2c1. The van der Waals surface area contributed by atoms with E-state index in [0.29, 0.717) is 19.4 Å². The highest BCUT2D eigenvalue weighted by atomic mass is 16.3. The number of aromatic amines is 1. The number of hydrogen-bond acceptors (Lipinski definition) is 2. The van der Waals surface area contributed by atoms with Gasteiger partial charge in [0.05, 0.1) is 6.10 Å². The average molecular weight is 260 g/mol. The summed E-state index contributed by atoms with van der Waals surface area (Å²) in [5.74, 6) is 0.0369. The minimum absolute atomic E-state index is 0.0369. The van der Waals surface area contributed by atoms with E-state index < -0.39 is 0 Å². The molecule has 0 aliphatic carbocycles.